The molecule has 1 aliphatic rings. The van der Waals surface area contributed by atoms with Gasteiger partial charge in [0, 0.05) is 14.2 Å². The van der Waals surface area contributed by atoms with Gasteiger partial charge in [-0.3, -0.25) is 0 Å². The summed E-state index contributed by atoms with van der Waals surface area (Å²) in [4.78, 5) is 0. The summed E-state index contributed by atoms with van der Waals surface area (Å²) in [6.07, 6.45) is 0. The molecule has 0 bridgehead atoms. The van der Waals surface area contributed by atoms with E-state index in [0.29, 0.717) is 13.2 Å². The molecular weight excluding hydrogens is 252 g/mol. The average Bonchev–Trinajstić information content (AvgIpc) is 2.59. The van der Waals surface area contributed by atoms with Crippen molar-refractivity contribution >= 4 is 21.0 Å². The second-order valence-electron chi connectivity index (χ2n) is 5.38. The van der Waals surface area contributed by atoms with Crippen molar-refractivity contribution in [3.05, 3.63) is 34.4 Å². The smallest absolute Gasteiger partial charge is 0.0716 e. The Morgan fingerprint density at radius 1 is 1.05 bits per heavy atom. The van der Waals surface area contributed by atoms with Crippen LogP contribution in [0.4, 0.5) is 0 Å². The van der Waals surface area contributed by atoms with Crippen LogP contribution in [0.1, 0.15) is 30.5 Å². The molecule has 0 aromatic heterocycles. The van der Waals surface area contributed by atoms with Crippen molar-refractivity contribution in [2.75, 3.05) is 27.4 Å². The van der Waals surface area contributed by atoms with E-state index in [2.05, 4.69) is 43.1 Å². The Hall–Kier alpha value is -0.903. The maximum atomic E-state index is 5.52. The van der Waals surface area contributed by atoms with Crippen LogP contribution in [0.15, 0.2) is 17.7 Å². The minimum Gasteiger partial charge on any atom is -0.383 e. The Balaban J connectivity index is 2.75. The van der Waals surface area contributed by atoms with Crippen molar-refractivity contribution in [3.8, 4) is 0 Å². The SMILES string of the molecule is COCC1(COC)C(C)=C(C)c2c(C)ccc([Si])c21. The fourth-order valence-electron chi connectivity index (χ4n) is 3.32. The lowest BCUT2D eigenvalue weighted by molar-refractivity contribution is 0.0795. The van der Waals surface area contributed by atoms with Crippen molar-refractivity contribution in [2.24, 2.45) is 0 Å². The van der Waals surface area contributed by atoms with E-state index in [9.17, 15) is 0 Å². The number of ether oxygens (including phenoxy) is 2. The van der Waals surface area contributed by atoms with Crippen molar-refractivity contribution < 1.29 is 9.47 Å². The summed E-state index contributed by atoms with van der Waals surface area (Å²) in [5.41, 5.74) is 6.48. The predicted molar refractivity (Wildman–Crippen MR) is 80.3 cm³/mol. The second-order valence-corrected chi connectivity index (χ2v) is 5.92. The van der Waals surface area contributed by atoms with E-state index in [1.807, 2.05) is 0 Å². The first-order valence-electron chi connectivity index (χ1n) is 6.51. The fraction of sp³-hybridized carbons (Fsp3) is 0.500. The zero-order chi connectivity index (χ0) is 14.2. The maximum absolute atomic E-state index is 5.52. The first kappa shape index (κ1) is 14.5. The Bertz CT molecular complexity index is 526. The highest BCUT2D eigenvalue weighted by molar-refractivity contribution is 6.34. The van der Waals surface area contributed by atoms with E-state index in [4.69, 9.17) is 9.47 Å². The molecule has 0 heterocycles. The van der Waals surface area contributed by atoms with E-state index in [1.165, 1.54) is 27.8 Å². The summed E-state index contributed by atoms with van der Waals surface area (Å²) >= 11 is 0. The van der Waals surface area contributed by atoms with Crippen LogP contribution in [0.5, 0.6) is 0 Å². The first-order valence-corrected chi connectivity index (χ1v) is 7.01. The highest BCUT2D eigenvalue weighted by Gasteiger charge is 2.43. The summed E-state index contributed by atoms with van der Waals surface area (Å²) in [6, 6.07) is 4.28. The standard InChI is InChI=1S/C16H21O2Si/c1-10-6-7-13(19)15-14(10)11(2)12(3)16(15,8-17-4)9-18-5/h6-7H,8-9H2,1-5H3. The van der Waals surface area contributed by atoms with Crippen LogP contribution in [0.2, 0.25) is 0 Å². The van der Waals surface area contributed by atoms with Gasteiger partial charge >= 0.3 is 0 Å². The summed E-state index contributed by atoms with van der Waals surface area (Å²) < 4.78 is 11.0. The highest BCUT2D eigenvalue weighted by atomic mass is 28.1. The Kier molecular flexibility index (Phi) is 3.99. The molecule has 19 heavy (non-hydrogen) atoms. The van der Waals surface area contributed by atoms with Crippen LogP contribution in [-0.2, 0) is 14.9 Å². The molecule has 2 rings (SSSR count). The lowest BCUT2D eigenvalue weighted by Crippen LogP contribution is -2.40. The lowest BCUT2D eigenvalue weighted by atomic mass is 9.78. The molecule has 0 saturated heterocycles. The maximum Gasteiger partial charge on any atom is 0.0716 e. The third-order valence-corrected chi connectivity index (χ3v) is 4.75. The minimum absolute atomic E-state index is 0.175. The lowest BCUT2D eigenvalue weighted by Gasteiger charge is -2.32. The van der Waals surface area contributed by atoms with Gasteiger partial charge in [0.15, 0.2) is 0 Å². The van der Waals surface area contributed by atoms with E-state index >= 15 is 0 Å². The van der Waals surface area contributed by atoms with Crippen molar-refractivity contribution in [3.63, 3.8) is 0 Å². The minimum atomic E-state index is -0.175. The van der Waals surface area contributed by atoms with Gasteiger partial charge in [0.1, 0.15) is 0 Å². The second kappa shape index (κ2) is 5.23. The van der Waals surface area contributed by atoms with Gasteiger partial charge in [-0.05, 0) is 43.0 Å². The molecule has 0 amide bonds. The van der Waals surface area contributed by atoms with Gasteiger partial charge < -0.3 is 9.47 Å². The van der Waals surface area contributed by atoms with E-state index in [1.54, 1.807) is 14.2 Å². The van der Waals surface area contributed by atoms with Crippen LogP contribution in [-0.4, -0.2) is 37.7 Å². The van der Waals surface area contributed by atoms with Gasteiger partial charge in [0.2, 0.25) is 0 Å². The van der Waals surface area contributed by atoms with Gasteiger partial charge in [-0.15, -0.1) is 0 Å². The molecule has 0 aliphatic heterocycles. The average molecular weight is 273 g/mol. The number of benzene rings is 1. The first-order chi connectivity index (χ1) is 8.99. The number of hydrogen-bond acceptors (Lipinski definition) is 2. The summed E-state index contributed by atoms with van der Waals surface area (Å²) in [5.74, 6) is 0. The molecule has 101 valence electrons. The van der Waals surface area contributed by atoms with Crippen molar-refractivity contribution in [1.82, 2.24) is 0 Å². The molecule has 0 N–H and O–H groups in total. The van der Waals surface area contributed by atoms with Gasteiger partial charge in [-0.25, -0.2) is 0 Å². The summed E-state index contributed by atoms with van der Waals surface area (Å²) in [6.45, 7) is 7.82. The summed E-state index contributed by atoms with van der Waals surface area (Å²) in [5, 5.41) is 1.13. The molecule has 3 radical (unpaired) electrons. The Morgan fingerprint density at radius 3 is 2.16 bits per heavy atom. The predicted octanol–water partition coefficient (Wildman–Crippen LogP) is 2.13. The molecule has 2 nitrogen and oxygen atoms in total. The number of hydrogen-bond donors (Lipinski definition) is 0. The zero-order valence-corrected chi connectivity index (χ0v) is 13.4. The van der Waals surface area contributed by atoms with E-state index in [-0.39, 0.29) is 5.41 Å². The molecule has 0 fully saturated rings. The number of allylic oxidation sites excluding steroid dienone is 1. The van der Waals surface area contributed by atoms with Crippen LogP contribution >= 0.6 is 0 Å². The fourth-order valence-corrected chi connectivity index (χ4v) is 3.76. The van der Waals surface area contributed by atoms with Gasteiger partial charge in [-0.2, -0.15) is 0 Å². The van der Waals surface area contributed by atoms with E-state index in [0.717, 1.165) is 5.19 Å². The molecule has 1 aromatic rings. The number of rotatable bonds is 4. The van der Waals surface area contributed by atoms with Crippen LogP contribution in [0.25, 0.3) is 5.57 Å². The number of fused-ring (bicyclic) bond motifs is 1. The summed E-state index contributed by atoms with van der Waals surface area (Å²) in [7, 11) is 7.27. The van der Waals surface area contributed by atoms with Crippen LogP contribution in [0, 0.1) is 6.92 Å². The quantitative estimate of drug-likeness (QED) is 0.783. The van der Waals surface area contributed by atoms with Crippen LogP contribution < -0.4 is 5.19 Å². The largest absolute Gasteiger partial charge is 0.383 e. The van der Waals surface area contributed by atoms with Gasteiger partial charge in [-0.1, -0.05) is 22.9 Å². The molecule has 3 heteroatoms. The Morgan fingerprint density at radius 2 is 1.63 bits per heavy atom. The third-order valence-electron chi connectivity index (χ3n) is 4.33. The molecule has 0 atom stereocenters. The molecular formula is C16H21O2Si. The molecule has 0 unspecified atom stereocenters. The monoisotopic (exact) mass is 273 g/mol. The van der Waals surface area contributed by atoms with Gasteiger partial charge in [0.05, 0.1) is 28.9 Å². The van der Waals surface area contributed by atoms with Crippen molar-refractivity contribution in [2.45, 2.75) is 26.2 Å². The number of methoxy groups -OCH3 is 2. The molecule has 1 aliphatic carbocycles. The van der Waals surface area contributed by atoms with Gasteiger partial charge in [0.25, 0.3) is 0 Å². The highest BCUT2D eigenvalue weighted by Crippen LogP contribution is 2.46. The van der Waals surface area contributed by atoms with Crippen LogP contribution in [0.3, 0.4) is 0 Å². The zero-order valence-electron chi connectivity index (χ0n) is 12.4. The molecule has 1 aromatic carbocycles. The van der Waals surface area contributed by atoms with Crippen molar-refractivity contribution in [1.29, 1.82) is 0 Å². The molecule has 0 saturated carbocycles. The normalized spacial score (nSPS) is 16.9. The topological polar surface area (TPSA) is 18.5 Å². The van der Waals surface area contributed by atoms with E-state index < -0.39 is 0 Å². The number of aryl methyl sites for hydroxylation is 1. The molecule has 0 spiro atoms. The Labute approximate surface area is 119 Å². The third kappa shape index (κ3) is 2.00.